The van der Waals surface area contributed by atoms with Crippen molar-refractivity contribution >= 4 is 21.6 Å². The Bertz CT molecular complexity index is 894. The van der Waals surface area contributed by atoms with Gasteiger partial charge in [0.05, 0.1) is 12.2 Å². The second-order valence-corrected chi connectivity index (χ2v) is 7.87. The Kier molecular flexibility index (Phi) is 4.38. The standard InChI is InChI=1S/C17H19N3O3S/c1-3-24(22,23)19-10-12-6-15(11-18-9-12)13-4-5-14-8-17(21)20(2)16(14)7-13/h4-7,9,11,19H,3,8,10H2,1-2H3. The molecule has 0 saturated carbocycles. The fourth-order valence-corrected chi connectivity index (χ4v) is 3.25. The summed E-state index contributed by atoms with van der Waals surface area (Å²) in [6.07, 6.45) is 3.81. The van der Waals surface area contributed by atoms with Gasteiger partial charge >= 0.3 is 0 Å². The second kappa shape index (κ2) is 6.33. The summed E-state index contributed by atoms with van der Waals surface area (Å²) in [5, 5.41) is 0. The Morgan fingerprint density at radius 3 is 2.75 bits per heavy atom. The number of likely N-dealkylation sites (N-methyl/N-ethyl adjacent to an activating group) is 1. The lowest BCUT2D eigenvalue weighted by molar-refractivity contribution is -0.117. The molecule has 0 radical (unpaired) electrons. The fourth-order valence-electron chi connectivity index (χ4n) is 2.66. The number of benzene rings is 1. The van der Waals surface area contributed by atoms with Crippen molar-refractivity contribution in [3.8, 4) is 11.1 Å². The summed E-state index contributed by atoms with van der Waals surface area (Å²) in [7, 11) is -1.47. The molecule has 7 heteroatoms. The third kappa shape index (κ3) is 3.32. The number of carbonyl (C=O) groups excluding carboxylic acids is 1. The van der Waals surface area contributed by atoms with Crippen molar-refractivity contribution in [2.45, 2.75) is 19.9 Å². The highest BCUT2D eigenvalue weighted by Gasteiger charge is 2.24. The Labute approximate surface area is 141 Å². The van der Waals surface area contributed by atoms with Gasteiger partial charge in [-0.2, -0.15) is 0 Å². The first-order chi connectivity index (χ1) is 11.4. The molecule has 0 unspecified atom stereocenters. The van der Waals surface area contributed by atoms with Crippen LogP contribution in [0.3, 0.4) is 0 Å². The summed E-state index contributed by atoms with van der Waals surface area (Å²) in [6.45, 7) is 1.81. The highest BCUT2D eigenvalue weighted by Crippen LogP contribution is 2.32. The molecule has 1 amide bonds. The smallest absolute Gasteiger partial charge is 0.231 e. The average molecular weight is 345 g/mol. The van der Waals surface area contributed by atoms with Crippen LogP contribution in [0.4, 0.5) is 5.69 Å². The molecule has 1 aliphatic rings. The van der Waals surface area contributed by atoms with Gasteiger partial charge in [-0.05, 0) is 35.7 Å². The number of rotatable bonds is 5. The van der Waals surface area contributed by atoms with Gasteiger partial charge in [0.15, 0.2) is 0 Å². The van der Waals surface area contributed by atoms with Crippen LogP contribution in [0, 0.1) is 0 Å². The predicted molar refractivity (Wildman–Crippen MR) is 93.1 cm³/mol. The highest BCUT2D eigenvalue weighted by atomic mass is 32.2. The summed E-state index contributed by atoms with van der Waals surface area (Å²) < 4.78 is 25.6. The van der Waals surface area contributed by atoms with Crippen LogP contribution in [0.5, 0.6) is 0 Å². The number of carbonyl (C=O) groups is 1. The third-order valence-electron chi connectivity index (χ3n) is 4.17. The van der Waals surface area contributed by atoms with Gasteiger partial charge in [-0.25, -0.2) is 13.1 Å². The van der Waals surface area contributed by atoms with E-state index in [1.807, 2.05) is 24.3 Å². The first kappa shape index (κ1) is 16.6. The maximum Gasteiger partial charge on any atom is 0.231 e. The lowest BCUT2D eigenvalue weighted by Gasteiger charge is -2.12. The molecule has 1 aromatic heterocycles. The molecule has 1 N–H and O–H groups in total. The largest absolute Gasteiger partial charge is 0.315 e. The van der Waals surface area contributed by atoms with Crippen molar-refractivity contribution in [3.05, 3.63) is 47.8 Å². The Balaban J connectivity index is 1.86. The number of nitrogens with zero attached hydrogens (tertiary/aromatic N) is 2. The quantitative estimate of drug-likeness (QED) is 0.895. The Morgan fingerprint density at radius 2 is 2.00 bits per heavy atom. The minimum absolute atomic E-state index is 0.0469. The van der Waals surface area contributed by atoms with E-state index < -0.39 is 10.0 Å². The molecule has 0 spiro atoms. The third-order valence-corrected chi connectivity index (χ3v) is 5.51. The van der Waals surface area contributed by atoms with Crippen LogP contribution in [0.25, 0.3) is 11.1 Å². The molecule has 0 bridgehead atoms. The highest BCUT2D eigenvalue weighted by molar-refractivity contribution is 7.89. The van der Waals surface area contributed by atoms with Crippen LogP contribution in [-0.4, -0.2) is 32.1 Å². The minimum atomic E-state index is -3.24. The second-order valence-electron chi connectivity index (χ2n) is 5.78. The monoisotopic (exact) mass is 345 g/mol. The van der Waals surface area contributed by atoms with E-state index in [0.29, 0.717) is 6.42 Å². The van der Waals surface area contributed by atoms with Crippen molar-refractivity contribution in [2.75, 3.05) is 17.7 Å². The van der Waals surface area contributed by atoms with Gasteiger partial charge < -0.3 is 4.90 Å². The summed E-state index contributed by atoms with van der Waals surface area (Å²) in [4.78, 5) is 17.6. The maximum absolute atomic E-state index is 11.8. The molecule has 6 nitrogen and oxygen atoms in total. The molecule has 126 valence electrons. The van der Waals surface area contributed by atoms with Crippen LogP contribution < -0.4 is 9.62 Å². The first-order valence-corrected chi connectivity index (χ1v) is 9.36. The number of nitrogens with one attached hydrogen (secondary N) is 1. The van der Waals surface area contributed by atoms with Crippen LogP contribution in [-0.2, 0) is 27.8 Å². The van der Waals surface area contributed by atoms with E-state index in [2.05, 4.69) is 9.71 Å². The number of amides is 1. The Hall–Kier alpha value is -2.25. The topological polar surface area (TPSA) is 79.4 Å². The van der Waals surface area contributed by atoms with E-state index in [9.17, 15) is 13.2 Å². The maximum atomic E-state index is 11.8. The molecular weight excluding hydrogens is 326 g/mol. The number of fused-ring (bicyclic) bond motifs is 1. The first-order valence-electron chi connectivity index (χ1n) is 7.71. The van der Waals surface area contributed by atoms with Gasteiger partial charge in [0, 0.05) is 37.2 Å². The zero-order valence-corrected chi connectivity index (χ0v) is 14.4. The van der Waals surface area contributed by atoms with Gasteiger partial charge in [-0.1, -0.05) is 12.1 Å². The number of anilines is 1. The number of hydrogen-bond acceptors (Lipinski definition) is 4. The van der Waals surface area contributed by atoms with E-state index in [1.165, 1.54) is 0 Å². The van der Waals surface area contributed by atoms with E-state index in [4.69, 9.17) is 0 Å². The SMILES string of the molecule is CCS(=O)(=O)NCc1cncc(-c2ccc3c(c2)N(C)C(=O)C3)c1. The molecule has 2 aromatic rings. The molecule has 0 aliphatic carbocycles. The fraction of sp³-hybridized carbons (Fsp3) is 0.294. The number of sulfonamides is 1. The molecule has 0 atom stereocenters. The van der Waals surface area contributed by atoms with Gasteiger partial charge in [-0.3, -0.25) is 9.78 Å². The molecule has 1 aromatic carbocycles. The van der Waals surface area contributed by atoms with Gasteiger partial charge in [0.1, 0.15) is 0 Å². The van der Waals surface area contributed by atoms with Crippen molar-refractivity contribution in [1.82, 2.24) is 9.71 Å². The van der Waals surface area contributed by atoms with E-state index in [0.717, 1.165) is 27.9 Å². The van der Waals surface area contributed by atoms with Crippen molar-refractivity contribution in [1.29, 1.82) is 0 Å². The minimum Gasteiger partial charge on any atom is -0.315 e. The zero-order chi connectivity index (χ0) is 17.3. The molecule has 0 fully saturated rings. The molecule has 0 saturated heterocycles. The average Bonchev–Trinajstić information content (AvgIpc) is 2.87. The molecule has 2 heterocycles. The molecule has 1 aliphatic heterocycles. The lowest BCUT2D eigenvalue weighted by atomic mass is 10.0. The summed E-state index contributed by atoms with van der Waals surface area (Å²) in [6, 6.07) is 7.79. The molecule has 24 heavy (non-hydrogen) atoms. The summed E-state index contributed by atoms with van der Waals surface area (Å²) >= 11 is 0. The van der Waals surface area contributed by atoms with Gasteiger partial charge in [0.25, 0.3) is 0 Å². The van der Waals surface area contributed by atoms with Crippen molar-refractivity contribution in [2.24, 2.45) is 0 Å². The van der Waals surface area contributed by atoms with E-state index in [-0.39, 0.29) is 18.2 Å². The number of aromatic nitrogens is 1. The number of hydrogen-bond donors (Lipinski definition) is 1. The molecule has 3 rings (SSSR count). The lowest BCUT2D eigenvalue weighted by Crippen LogP contribution is -2.24. The van der Waals surface area contributed by atoms with Crippen LogP contribution in [0.2, 0.25) is 0 Å². The number of pyridine rings is 1. The van der Waals surface area contributed by atoms with Crippen molar-refractivity contribution < 1.29 is 13.2 Å². The molecular formula is C17H19N3O3S. The Morgan fingerprint density at radius 1 is 1.21 bits per heavy atom. The van der Waals surface area contributed by atoms with Crippen LogP contribution in [0.15, 0.2) is 36.7 Å². The van der Waals surface area contributed by atoms with Gasteiger partial charge in [0.2, 0.25) is 15.9 Å². The summed E-state index contributed by atoms with van der Waals surface area (Å²) in [5.74, 6) is 0.133. The van der Waals surface area contributed by atoms with Crippen LogP contribution in [0.1, 0.15) is 18.1 Å². The van der Waals surface area contributed by atoms with E-state index in [1.54, 1.807) is 31.3 Å². The summed E-state index contributed by atoms with van der Waals surface area (Å²) in [5.41, 5.74) is 4.55. The predicted octanol–water partition coefficient (Wildman–Crippen LogP) is 1.71. The van der Waals surface area contributed by atoms with Crippen molar-refractivity contribution in [3.63, 3.8) is 0 Å². The zero-order valence-electron chi connectivity index (χ0n) is 13.6. The van der Waals surface area contributed by atoms with Gasteiger partial charge in [-0.15, -0.1) is 0 Å². The normalized spacial score (nSPS) is 14.1. The van der Waals surface area contributed by atoms with Crippen LogP contribution >= 0.6 is 0 Å². The van der Waals surface area contributed by atoms with E-state index >= 15 is 0 Å².